The van der Waals surface area contributed by atoms with Crippen molar-refractivity contribution < 1.29 is 9.21 Å². The number of hydrogen-bond donors (Lipinski definition) is 1. The van der Waals surface area contributed by atoms with Gasteiger partial charge in [-0.3, -0.25) is 4.79 Å². The van der Waals surface area contributed by atoms with Gasteiger partial charge in [-0.05, 0) is 17.7 Å². The number of aromatic nitrogens is 2. The van der Waals surface area contributed by atoms with Gasteiger partial charge in [0.15, 0.2) is 0 Å². The second-order valence-electron chi connectivity index (χ2n) is 3.25. The number of carbonyl (C=O) groups is 1. The fourth-order valence-corrected chi connectivity index (χ4v) is 1.48. The van der Waals surface area contributed by atoms with E-state index < -0.39 is 0 Å². The van der Waals surface area contributed by atoms with Gasteiger partial charge in [0.2, 0.25) is 5.22 Å². The summed E-state index contributed by atoms with van der Waals surface area (Å²) in [6.45, 7) is 0.351. The quantitative estimate of drug-likeness (QED) is 0.885. The predicted octanol–water partition coefficient (Wildman–Crippen LogP) is 1.60. The Bertz CT molecular complexity index is 504. The number of halogens is 1. The Hall–Kier alpha value is -1.75. The van der Waals surface area contributed by atoms with Gasteiger partial charge >= 0.3 is 0 Å². The fourth-order valence-electron chi connectivity index (χ4n) is 1.28. The number of rotatable bonds is 3. The van der Waals surface area contributed by atoms with E-state index in [0.29, 0.717) is 12.1 Å². The van der Waals surface area contributed by atoms with E-state index in [1.165, 1.54) is 12.3 Å². The van der Waals surface area contributed by atoms with Crippen molar-refractivity contribution in [3.05, 3.63) is 41.3 Å². The van der Waals surface area contributed by atoms with Crippen LogP contribution in [0.3, 0.4) is 0 Å². The summed E-state index contributed by atoms with van der Waals surface area (Å²) < 4.78 is 6.66. The highest BCUT2D eigenvalue weighted by Crippen LogP contribution is 2.16. The maximum absolute atomic E-state index is 11.6. The molecule has 2 rings (SSSR count). The lowest BCUT2D eigenvalue weighted by molar-refractivity contribution is 0.0949. The van der Waals surface area contributed by atoms with Crippen LogP contribution in [0.2, 0.25) is 5.22 Å². The summed E-state index contributed by atoms with van der Waals surface area (Å²) in [6, 6.07) is 1.52. The van der Waals surface area contributed by atoms with Crippen LogP contribution >= 0.6 is 11.6 Å². The van der Waals surface area contributed by atoms with Gasteiger partial charge in [0.25, 0.3) is 5.91 Å². The number of imidazole rings is 1. The molecule has 0 saturated carbocycles. The summed E-state index contributed by atoms with van der Waals surface area (Å²) in [5.41, 5.74) is 0.330. The van der Waals surface area contributed by atoms with Crippen LogP contribution in [0.5, 0.6) is 0 Å². The maximum Gasteiger partial charge on any atom is 0.256 e. The van der Waals surface area contributed by atoms with Crippen LogP contribution in [0.4, 0.5) is 0 Å². The first kappa shape index (κ1) is 10.8. The number of nitrogens with one attached hydrogen (secondary N) is 1. The lowest BCUT2D eigenvalue weighted by Gasteiger charge is -2.03. The van der Waals surface area contributed by atoms with Crippen LogP contribution in [0.15, 0.2) is 29.1 Å². The maximum atomic E-state index is 11.6. The molecule has 84 valence electrons. The molecule has 0 aromatic carbocycles. The largest absolute Gasteiger partial charge is 0.452 e. The van der Waals surface area contributed by atoms with Crippen LogP contribution in [-0.2, 0) is 13.6 Å². The summed E-state index contributed by atoms with van der Waals surface area (Å²) in [7, 11) is 1.86. The van der Waals surface area contributed by atoms with Crippen molar-refractivity contribution in [2.75, 3.05) is 0 Å². The third kappa shape index (κ3) is 2.09. The molecule has 5 nitrogen and oxygen atoms in total. The molecule has 0 aliphatic rings. The van der Waals surface area contributed by atoms with E-state index in [0.717, 1.165) is 5.82 Å². The van der Waals surface area contributed by atoms with Gasteiger partial charge in [-0.1, -0.05) is 0 Å². The van der Waals surface area contributed by atoms with E-state index in [9.17, 15) is 4.79 Å². The van der Waals surface area contributed by atoms with Crippen molar-refractivity contribution in [1.82, 2.24) is 14.9 Å². The van der Waals surface area contributed by atoms with Crippen molar-refractivity contribution in [2.24, 2.45) is 7.05 Å². The molecule has 0 bridgehead atoms. The monoisotopic (exact) mass is 239 g/mol. The second kappa shape index (κ2) is 4.40. The molecule has 0 radical (unpaired) electrons. The fraction of sp³-hybridized carbons (Fsp3) is 0.200. The molecule has 1 N–H and O–H groups in total. The lowest BCUT2D eigenvalue weighted by Crippen LogP contribution is -2.24. The Kier molecular flexibility index (Phi) is 2.96. The van der Waals surface area contributed by atoms with Crippen LogP contribution < -0.4 is 5.32 Å². The number of amides is 1. The van der Waals surface area contributed by atoms with Crippen molar-refractivity contribution in [3.8, 4) is 0 Å². The van der Waals surface area contributed by atoms with Gasteiger partial charge in [-0.15, -0.1) is 0 Å². The molecule has 0 unspecified atom stereocenters. The van der Waals surface area contributed by atoms with Crippen molar-refractivity contribution >= 4 is 17.5 Å². The molecule has 0 fully saturated rings. The van der Waals surface area contributed by atoms with Crippen molar-refractivity contribution in [1.29, 1.82) is 0 Å². The molecule has 0 saturated heterocycles. The Labute approximate surface area is 97.0 Å². The van der Waals surface area contributed by atoms with Crippen molar-refractivity contribution in [2.45, 2.75) is 6.54 Å². The molecule has 2 aromatic rings. The standard InChI is InChI=1S/C10H10ClN3O2/c1-14-4-3-12-8(14)6-13-10(15)7-2-5-16-9(7)11/h2-5H,6H2,1H3,(H,13,15). The second-order valence-corrected chi connectivity index (χ2v) is 3.59. The molecule has 0 aliphatic heterocycles. The Morgan fingerprint density at radius 3 is 3.06 bits per heavy atom. The Morgan fingerprint density at radius 1 is 1.69 bits per heavy atom. The number of carbonyl (C=O) groups excluding carboxylic acids is 1. The van der Waals surface area contributed by atoms with Gasteiger partial charge < -0.3 is 14.3 Å². The van der Waals surface area contributed by atoms with E-state index in [4.69, 9.17) is 16.0 Å². The van der Waals surface area contributed by atoms with Gasteiger partial charge in [0.05, 0.1) is 18.4 Å². The molecular weight excluding hydrogens is 230 g/mol. The highest BCUT2D eigenvalue weighted by Gasteiger charge is 2.12. The minimum absolute atomic E-state index is 0.0948. The average molecular weight is 240 g/mol. The first-order valence-electron chi connectivity index (χ1n) is 4.66. The van der Waals surface area contributed by atoms with Gasteiger partial charge in [0, 0.05) is 19.4 Å². The summed E-state index contributed by atoms with van der Waals surface area (Å²) in [4.78, 5) is 15.7. The zero-order chi connectivity index (χ0) is 11.5. The highest BCUT2D eigenvalue weighted by atomic mass is 35.5. The third-order valence-electron chi connectivity index (χ3n) is 2.19. The van der Waals surface area contributed by atoms with Crippen LogP contribution in [-0.4, -0.2) is 15.5 Å². The SMILES string of the molecule is Cn1ccnc1CNC(=O)c1ccoc1Cl. The number of furan rings is 1. The first-order valence-corrected chi connectivity index (χ1v) is 5.03. The molecule has 6 heteroatoms. The van der Waals surface area contributed by atoms with E-state index in [1.807, 2.05) is 17.8 Å². The first-order chi connectivity index (χ1) is 7.68. The zero-order valence-electron chi connectivity index (χ0n) is 8.61. The van der Waals surface area contributed by atoms with E-state index in [-0.39, 0.29) is 11.1 Å². The molecule has 2 aromatic heterocycles. The Balaban J connectivity index is 1.99. The van der Waals surface area contributed by atoms with E-state index in [1.54, 1.807) is 6.20 Å². The van der Waals surface area contributed by atoms with Crippen LogP contribution in [0.1, 0.15) is 16.2 Å². The summed E-state index contributed by atoms with van der Waals surface area (Å²) in [5, 5.41) is 2.80. The summed E-state index contributed by atoms with van der Waals surface area (Å²) >= 11 is 5.68. The predicted molar refractivity (Wildman–Crippen MR) is 58.1 cm³/mol. The Morgan fingerprint density at radius 2 is 2.50 bits per heavy atom. The lowest BCUT2D eigenvalue weighted by atomic mass is 10.3. The minimum Gasteiger partial charge on any atom is -0.452 e. The third-order valence-corrected chi connectivity index (χ3v) is 2.48. The zero-order valence-corrected chi connectivity index (χ0v) is 9.36. The average Bonchev–Trinajstić information content (AvgIpc) is 2.84. The van der Waals surface area contributed by atoms with Gasteiger partial charge in [0.1, 0.15) is 5.82 Å². The van der Waals surface area contributed by atoms with Gasteiger partial charge in [-0.2, -0.15) is 0 Å². The normalized spacial score (nSPS) is 10.4. The number of aryl methyl sites for hydroxylation is 1. The van der Waals surface area contributed by atoms with Crippen LogP contribution in [0, 0.1) is 0 Å². The van der Waals surface area contributed by atoms with Crippen molar-refractivity contribution in [3.63, 3.8) is 0 Å². The van der Waals surface area contributed by atoms with E-state index in [2.05, 4.69) is 10.3 Å². The smallest absolute Gasteiger partial charge is 0.256 e. The number of hydrogen-bond acceptors (Lipinski definition) is 3. The molecule has 0 aliphatic carbocycles. The summed E-state index contributed by atoms with van der Waals surface area (Å²) in [5.74, 6) is 0.495. The molecule has 2 heterocycles. The minimum atomic E-state index is -0.276. The van der Waals surface area contributed by atoms with Gasteiger partial charge in [-0.25, -0.2) is 4.98 Å². The van der Waals surface area contributed by atoms with E-state index >= 15 is 0 Å². The molecular formula is C10H10ClN3O2. The topological polar surface area (TPSA) is 60.1 Å². The summed E-state index contributed by atoms with van der Waals surface area (Å²) in [6.07, 6.45) is 4.86. The molecule has 1 amide bonds. The van der Waals surface area contributed by atoms with Crippen LogP contribution in [0.25, 0.3) is 0 Å². The molecule has 0 spiro atoms. The molecule has 16 heavy (non-hydrogen) atoms. The molecule has 0 atom stereocenters. The highest BCUT2D eigenvalue weighted by molar-refractivity contribution is 6.32. The number of nitrogens with zero attached hydrogens (tertiary/aromatic N) is 2.